The van der Waals surface area contributed by atoms with Gasteiger partial charge in [0.25, 0.3) is 0 Å². The second kappa shape index (κ2) is 9.74. The number of benzene rings is 3. The first-order valence-electron chi connectivity index (χ1n) is 12.6. The summed E-state index contributed by atoms with van der Waals surface area (Å²) in [5.74, 6) is 2.18. The summed E-state index contributed by atoms with van der Waals surface area (Å²) in [5, 5.41) is 16.3. The van der Waals surface area contributed by atoms with Crippen LogP contribution in [0.1, 0.15) is 29.7 Å². The molecule has 3 heterocycles. The van der Waals surface area contributed by atoms with Gasteiger partial charge in [-0.25, -0.2) is 0 Å². The molecule has 38 heavy (non-hydrogen) atoms. The molecule has 1 aromatic heterocycles. The highest BCUT2D eigenvalue weighted by Gasteiger charge is 2.48. The molecule has 2 aliphatic rings. The van der Waals surface area contributed by atoms with E-state index in [4.69, 9.17) is 14.2 Å². The Morgan fingerprint density at radius 1 is 1.03 bits per heavy atom. The second-order valence-electron chi connectivity index (χ2n) is 10.3. The molecule has 0 bridgehead atoms. The summed E-state index contributed by atoms with van der Waals surface area (Å²) in [5.41, 5.74) is 3.34. The summed E-state index contributed by atoms with van der Waals surface area (Å²) >= 11 is 0. The van der Waals surface area contributed by atoms with Gasteiger partial charge in [0.05, 0.1) is 33.9 Å². The monoisotopic (exact) mass is 582 g/mol. The van der Waals surface area contributed by atoms with Crippen molar-refractivity contribution in [3.05, 3.63) is 63.6 Å². The number of ether oxygens (including phenoxy) is 3. The minimum absolute atomic E-state index is 0. The van der Waals surface area contributed by atoms with Crippen LogP contribution in [0.4, 0.5) is 5.82 Å². The molecule has 3 aromatic carbocycles. The van der Waals surface area contributed by atoms with Gasteiger partial charge in [0.2, 0.25) is 6.33 Å². The fourth-order valence-electron chi connectivity index (χ4n) is 6.72. The van der Waals surface area contributed by atoms with Crippen molar-refractivity contribution < 1.29 is 40.6 Å². The zero-order valence-corrected chi connectivity index (χ0v) is 23.6. The smallest absolute Gasteiger partial charge is 0.390 e. The molecule has 0 amide bonds. The summed E-state index contributed by atoms with van der Waals surface area (Å²) in [6.45, 7) is 2.40. The van der Waals surface area contributed by atoms with Gasteiger partial charge in [-0.1, -0.05) is 6.07 Å². The number of halogens is 1. The summed E-state index contributed by atoms with van der Waals surface area (Å²) in [6.07, 6.45) is 4.67. The molecule has 200 valence electrons. The Hall–Kier alpha value is -3.37. The van der Waals surface area contributed by atoms with E-state index < -0.39 is 0 Å². The van der Waals surface area contributed by atoms with E-state index >= 15 is 0 Å². The predicted molar refractivity (Wildman–Crippen MR) is 140 cm³/mol. The van der Waals surface area contributed by atoms with E-state index in [0.717, 1.165) is 53.4 Å². The lowest BCUT2D eigenvalue weighted by molar-refractivity contribution is -0.966. The molecule has 0 aliphatic carbocycles. The maximum Gasteiger partial charge on any atom is 0.390 e. The maximum atomic E-state index is 11.7. The molecule has 1 fully saturated rings. The van der Waals surface area contributed by atoms with Crippen molar-refractivity contribution in [1.82, 2.24) is 9.55 Å². The number of fused-ring (bicyclic) bond motifs is 7. The molecule has 9 nitrogen and oxygen atoms in total. The van der Waals surface area contributed by atoms with Gasteiger partial charge in [-0.15, -0.1) is 0 Å². The van der Waals surface area contributed by atoms with Gasteiger partial charge in [-0.3, -0.25) is 0 Å². The minimum Gasteiger partial charge on any atom is -1.00 e. The summed E-state index contributed by atoms with van der Waals surface area (Å²) in [7, 11) is 6.86. The molecule has 1 saturated heterocycles. The summed E-state index contributed by atoms with van der Waals surface area (Å²) in [6, 6.07) is 10.8. The number of nitro groups is 1. The van der Waals surface area contributed by atoms with Crippen molar-refractivity contribution >= 4 is 27.4 Å². The summed E-state index contributed by atoms with van der Waals surface area (Å²) in [4.78, 5) is 15.5. The number of aromatic nitrogens is 2. The molecular weight excluding hydrogens is 552 g/mol. The van der Waals surface area contributed by atoms with Crippen LogP contribution >= 0.6 is 0 Å². The van der Waals surface area contributed by atoms with Crippen molar-refractivity contribution in [3.63, 3.8) is 0 Å². The van der Waals surface area contributed by atoms with Crippen LogP contribution in [0.3, 0.4) is 0 Å². The predicted octanol–water partition coefficient (Wildman–Crippen LogP) is 1.90. The van der Waals surface area contributed by atoms with Crippen LogP contribution in [0.25, 0.3) is 21.5 Å². The van der Waals surface area contributed by atoms with Crippen LogP contribution in [0, 0.1) is 10.1 Å². The second-order valence-corrected chi connectivity index (χ2v) is 10.3. The van der Waals surface area contributed by atoms with Crippen LogP contribution in [0.2, 0.25) is 0 Å². The standard InChI is InChI=1S/C28H31N4O5.BrH/c1-30-16-29-28(31(33)34)25(30)15-32-9-5-6-17(32)10-20-22-12-26(36-3)27(37-4)13-23(22)21-11-18(35-2)7-8-19(21)24(20)14-32;/h7-8,11-13,16-17H,5-6,9-10,14-15H2,1-4H3;1H/q+1;/p-1/t17-,32?;/m1./s1. The van der Waals surface area contributed by atoms with Crippen molar-refractivity contribution in [3.8, 4) is 17.2 Å². The highest BCUT2D eigenvalue weighted by Crippen LogP contribution is 2.47. The molecule has 2 atom stereocenters. The molecule has 0 spiro atoms. The topological polar surface area (TPSA) is 88.7 Å². The number of nitrogens with zero attached hydrogens (tertiary/aromatic N) is 4. The Balaban J connectivity index is 0.00000294. The van der Waals surface area contributed by atoms with Crippen molar-refractivity contribution in [2.24, 2.45) is 7.05 Å². The van der Waals surface area contributed by atoms with Crippen LogP contribution < -0.4 is 31.2 Å². The first kappa shape index (κ1) is 26.2. The Kier molecular flexibility index (Phi) is 6.73. The Morgan fingerprint density at radius 3 is 2.42 bits per heavy atom. The van der Waals surface area contributed by atoms with Gasteiger partial charge in [0.1, 0.15) is 18.8 Å². The van der Waals surface area contributed by atoms with E-state index in [0.29, 0.717) is 29.8 Å². The number of rotatable bonds is 6. The fourth-order valence-corrected chi connectivity index (χ4v) is 6.72. The molecular formula is C28H31BrN4O5. The number of hydrogen-bond acceptors (Lipinski definition) is 6. The molecule has 2 aliphatic heterocycles. The van der Waals surface area contributed by atoms with E-state index in [1.165, 1.54) is 21.9 Å². The van der Waals surface area contributed by atoms with Gasteiger partial charge in [0.15, 0.2) is 17.2 Å². The lowest BCUT2D eigenvalue weighted by Crippen LogP contribution is -3.00. The van der Waals surface area contributed by atoms with E-state index in [-0.39, 0.29) is 27.7 Å². The SMILES string of the molecule is COc1ccc2c3c(c4cc(OC)c(OC)cc4c2c1)C[C@H]1CCC[N+]1(Cc1c([N+](=O)[O-])ncn1C)C3.[Br-]. The van der Waals surface area contributed by atoms with Gasteiger partial charge in [0, 0.05) is 31.9 Å². The van der Waals surface area contributed by atoms with Crippen LogP contribution in [0.15, 0.2) is 36.7 Å². The summed E-state index contributed by atoms with van der Waals surface area (Å²) < 4.78 is 19.6. The molecule has 0 radical (unpaired) electrons. The Morgan fingerprint density at radius 2 is 1.74 bits per heavy atom. The zero-order valence-electron chi connectivity index (χ0n) is 22.0. The van der Waals surface area contributed by atoms with E-state index in [1.807, 2.05) is 17.7 Å². The Labute approximate surface area is 231 Å². The Bertz CT molecular complexity index is 1570. The van der Waals surface area contributed by atoms with E-state index in [9.17, 15) is 10.1 Å². The number of aryl methyl sites for hydroxylation is 1. The highest BCUT2D eigenvalue weighted by atomic mass is 79.9. The maximum absolute atomic E-state index is 11.7. The first-order valence-corrected chi connectivity index (χ1v) is 12.6. The number of quaternary nitrogens is 1. The third-order valence-corrected chi connectivity index (χ3v) is 8.56. The normalized spacial score (nSPS) is 20.1. The molecule has 0 saturated carbocycles. The molecule has 0 N–H and O–H groups in total. The largest absolute Gasteiger partial charge is 1.00 e. The number of imidazole rings is 1. The van der Waals surface area contributed by atoms with Crippen LogP contribution in [-0.2, 0) is 26.6 Å². The van der Waals surface area contributed by atoms with Gasteiger partial charge in [-0.05, 0) is 61.3 Å². The average molecular weight is 583 g/mol. The van der Waals surface area contributed by atoms with E-state index in [1.54, 1.807) is 27.7 Å². The molecule has 10 heteroatoms. The van der Waals surface area contributed by atoms with Crippen LogP contribution in [-0.4, -0.2) is 52.9 Å². The van der Waals surface area contributed by atoms with Gasteiger partial charge < -0.3 is 50.4 Å². The van der Waals surface area contributed by atoms with Gasteiger partial charge in [-0.2, -0.15) is 0 Å². The van der Waals surface area contributed by atoms with Crippen molar-refractivity contribution in [2.45, 2.75) is 38.4 Å². The first-order chi connectivity index (χ1) is 17.9. The van der Waals surface area contributed by atoms with Crippen LogP contribution in [0.5, 0.6) is 17.2 Å². The molecule has 4 aromatic rings. The lowest BCUT2D eigenvalue weighted by atomic mass is 9.83. The van der Waals surface area contributed by atoms with Gasteiger partial charge >= 0.3 is 5.82 Å². The molecule has 6 rings (SSSR count). The zero-order chi connectivity index (χ0) is 25.9. The molecule has 1 unspecified atom stereocenters. The van der Waals surface area contributed by atoms with E-state index in [2.05, 4.69) is 29.2 Å². The highest BCUT2D eigenvalue weighted by molar-refractivity contribution is 6.12. The third-order valence-electron chi connectivity index (χ3n) is 8.56. The third kappa shape index (κ3) is 3.89. The lowest BCUT2D eigenvalue weighted by Gasteiger charge is -2.44. The number of methoxy groups -OCH3 is 3. The fraction of sp³-hybridized carbons (Fsp3) is 0.393. The number of hydrogen-bond donors (Lipinski definition) is 0. The minimum atomic E-state index is -0.356. The van der Waals surface area contributed by atoms with Crippen molar-refractivity contribution in [2.75, 3.05) is 27.9 Å². The van der Waals surface area contributed by atoms with Crippen molar-refractivity contribution in [1.29, 1.82) is 0 Å². The average Bonchev–Trinajstić information content (AvgIpc) is 3.49. The quantitative estimate of drug-likeness (QED) is 0.149.